The van der Waals surface area contributed by atoms with Crippen LogP contribution >= 0.6 is 0 Å². The van der Waals surface area contributed by atoms with Crippen LogP contribution in [0.1, 0.15) is 26.7 Å². The quantitative estimate of drug-likeness (QED) is 0.833. The van der Waals surface area contributed by atoms with Gasteiger partial charge >= 0.3 is 0 Å². The molecule has 1 aromatic carbocycles. The lowest BCUT2D eigenvalue weighted by atomic mass is 10.0. The highest BCUT2D eigenvalue weighted by atomic mass is 16.5. The van der Waals surface area contributed by atoms with Gasteiger partial charge in [0.1, 0.15) is 5.75 Å². The molecule has 0 fully saturated rings. The number of fused-ring (bicyclic) bond motifs is 1. The smallest absolute Gasteiger partial charge is 0.265 e. The molecule has 4 nitrogen and oxygen atoms in total. The van der Waals surface area contributed by atoms with E-state index in [2.05, 4.69) is 13.8 Å². The third-order valence-electron chi connectivity index (χ3n) is 3.52. The summed E-state index contributed by atoms with van der Waals surface area (Å²) in [7, 11) is 0. The Balaban J connectivity index is 2.27. The van der Waals surface area contributed by atoms with E-state index < -0.39 is 0 Å². The summed E-state index contributed by atoms with van der Waals surface area (Å²) in [5, 5.41) is 0. The molecule has 1 aliphatic heterocycles. The van der Waals surface area contributed by atoms with Crippen molar-refractivity contribution in [3.63, 3.8) is 0 Å². The van der Waals surface area contributed by atoms with Crippen LogP contribution in [-0.4, -0.2) is 19.1 Å². The van der Waals surface area contributed by atoms with Gasteiger partial charge in [-0.2, -0.15) is 0 Å². The minimum Gasteiger partial charge on any atom is -0.481 e. The lowest BCUT2D eigenvalue weighted by molar-refractivity contribution is -0.121. The third kappa shape index (κ3) is 2.42. The molecule has 2 N–H and O–H groups in total. The van der Waals surface area contributed by atoms with Gasteiger partial charge in [-0.25, -0.2) is 0 Å². The predicted octanol–water partition coefficient (Wildman–Crippen LogP) is 2.43. The number of nitrogens with zero attached hydrogens (tertiary/aromatic N) is 1. The first-order valence-corrected chi connectivity index (χ1v) is 6.48. The molecule has 0 unspecified atom stereocenters. The molecule has 1 aliphatic rings. The zero-order valence-electron chi connectivity index (χ0n) is 11.0. The molecular weight excluding hydrogens is 228 g/mol. The molecule has 2 rings (SSSR count). The first-order valence-electron chi connectivity index (χ1n) is 6.48. The fourth-order valence-electron chi connectivity index (χ4n) is 2.23. The Morgan fingerprint density at radius 1 is 1.39 bits per heavy atom. The monoisotopic (exact) mass is 248 g/mol. The van der Waals surface area contributed by atoms with E-state index >= 15 is 0 Å². The van der Waals surface area contributed by atoms with Crippen LogP contribution in [-0.2, 0) is 4.79 Å². The maximum atomic E-state index is 12.0. The summed E-state index contributed by atoms with van der Waals surface area (Å²) in [6, 6.07) is 5.45. The standard InChI is InChI=1S/C14H20N2O2/c1-3-10(4-2)8-16-12-6-5-11(15)7-13(12)18-9-14(16)17/h5-7,10H,3-4,8-9,15H2,1-2H3. The number of amides is 1. The van der Waals surface area contributed by atoms with Crippen molar-refractivity contribution in [2.45, 2.75) is 26.7 Å². The Labute approximate surface area is 108 Å². The van der Waals surface area contributed by atoms with Crippen LogP contribution in [0, 0.1) is 5.92 Å². The Hall–Kier alpha value is -1.71. The van der Waals surface area contributed by atoms with Crippen molar-refractivity contribution in [2.24, 2.45) is 5.92 Å². The zero-order chi connectivity index (χ0) is 13.1. The van der Waals surface area contributed by atoms with Gasteiger partial charge in [0.05, 0.1) is 5.69 Å². The molecule has 98 valence electrons. The van der Waals surface area contributed by atoms with E-state index in [9.17, 15) is 4.79 Å². The molecule has 0 atom stereocenters. The summed E-state index contributed by atoms with van der Waals surface area (Å²) in [5.41, 5.74) is 7.23. The van der Waals surface area contributed by atoms with Crippen LogP contribution < -0.4 is 15.4 Å². The maximum absolute atomic E-state index is 12.0. The van der Waals surface area contributed by atoms with Gasteiger partial charge in [0.2, 0.25) is 0 Å². The summed E-state index contributed by atoms with van der Waals surface area (Å²) in [4.78, 5) is 13.8. The molecule has 4 heteroatoms. The third-order valence-corrected chi connectivity index (χ3v) is 3.52. The van der Waals surface area contributed by atoms with Gasteiger partial charge in [0, 0.05) is 18.3 Å². The second-order valence-corrected chi connectivity index (χ2v) is 4.70. The van der Waals surface area contributed by atoms with Gasteiger partial charge in [0.25, 0.3) is 5.91 Å². The van der Waals surface area contributed by atoms with E-state index in [-0.39, 0.29) is 12.5 Å². The van der Waals surface area contributed by atoms with Gasteiger partial charge in [-0.05, 0) is 18.1 Å². The highest BCUT2D eigenvalue weighted by molar-refractivity contribution is 5.98. The van der Waals surface area contributed by atoms with Crippen molar-refractivity contribution in [1.29, 1.82) is 0 Å². The molecule has 0 aromatic heterocycles. The molecule has 18 heavy (non-hydrogen) atoms. The molecule has 0 saturated heterocycles. The van der Waals surface area contributed by atoms with E-state index in [4.69, 9.17) is 10.5 Å². The van der Waals surface area contributed by atoms with Gasteiger partial charge < -0.3 is 15.4 Å². The molecule has 0 radical (unpaired) electrons. The second kappa shape index (κ2) is 5.29. The van der Waals surface area contributed by atoms with Crippen molar-refractivity contribution < 1.29 is 9.53 Å². The highest BCUT2D eigenvalue weighted by Gasteiger charge is 2.26. The largest absolute Gasteiger partial charge is 0.481 e. The molecule has 0 bridgehead atoms. The Morgan fingerprint density at radius 2 is 2.11 bits per heavy atom. The van der Waals surface area contributed by atoms with E-state index in [1.54, 1.807) is 12.1 Å². The molecule has 1 heterocycles. The number of ether oxygens (including phenoxy) is 1. The van der Waals surface area contributed by atoms with E-state index in [0.717, 1.165) is 25.1 Å². The number of nitrogens with two attached hydrogens (primary N) is 1. The minimum absolute atomic E-state index is 0.0270. The normalized spacial score (nSPS) is 14.6. The molecule has 1 aromatic rings. The van der Waals surface area contributed by atoms with Crippen LogP contribution in [0.5, 0.6) is 5.75 Å². The van der Waals surface area contributed by atoms with Gasteiger partial charge in [-0.3, -0.25) is 4.79 Å². The van der Waals surface area contributed by atoms with Crippen molar-refractivity contribution in [1.82, 2.24) is 0 Å². The van der Waals surface area contributed by atoms with Crippen LogP contribution in [0.4, 0.5) is 11.4 Å². The first-order chi connectivity index (χ1) is 8.65. The average molecular weight is 248 g/mol. The molecule has 0 saturated carbocycles. The Bertz CT molecular complexity index is 441. The Kier molecular flexibility index (Phi) is 3.75. The van der Waals surface area contributed by atoms with Crippen LogP contribution in [0.15, 0.2) is 18.2 Å². The number of benzene rings is 1. The van der Waals surface area contributed by atoms with Gasteiger partial charge in [-0.15, -0.1) is 0 Å². The summed E-state index contributed by atoms with van der Waals surface area (Å²) >= 11 is 0. The van der Waals surface area contributed by atoms with Crippen LogP contribution in [0.25, 0.3) is 0 Å². The number of carbonyl (C=O) groups is 1. The average Bonchev–Trinajstić information content (AvgIpc) is 2.38. The molecule has 0 spiro atoms. The van der Waals surface area contributed by atoms with Crippen molar-refractivity contribution in [2.75, 3.05) is 23.8 Å². The van der Waals surface area contributed by atoms with E-state index in [1.165, 1.54) is 0 Å². The van der Waals surface area contributed by atoms with Crippen molar-refractivity contribution in [3.05, 3.63) is 18.2 Å². The second-order valence-electron chi connectivity index (χ2n) is 4.70. The summed E-state index contributed by atoms with van der Waals surface area (Å²) < 4.78 is 5.42. The number of rotatable bonds is 4. The van der Waals surface area contributed by atoms with Gasteiger partial charge in [-0.1, -0.05) is 26.7 Å². The van der Waals surface area contributed by atoms with Crippen molar-refractivity contribution in [3.8, 4) is 5.75 Å². The topological polar surface area (TPSA) is 55.6 Å². The summed E-state index contributed by atoms with van der Waals surface area (Å²) in [5.74, 6) is 1.26. The predicted molar refractivity (Wildman–Crippen MR) is 72.8 cm³/mol. The minimum atomic E-state index is 0.0270. The fourth-order valence-corrected chi connectivity index (χ4v) is 2.23. The molecule has 0 aliphatic carbocycles. The molecule has 1 amide bonds. The summed E-state index contributed by atoms with van der Waals surface area (Å²) in [6.45, 7) is 5.18. The van der Waals surface area contributed by atoms with Crippen LogP contribution in [0.3, 0.4) is 0 Å². The SMILES string of the molecule is CCC(CC)CN1C(=O)COc2cc(N)ccc21. The fraction of sp³-hybridized carbons (Fsp3) is 0.500. The maximum Gasteiger partial charge on any atom is 0.265 e. The van der Waals surface area contributed by atoms with Crippen molar-refractivity contribution >= 4 is 17.3 Å². The highest BCUT2D eigenvalue weighted by Crippen LogP contribution is 2.34. The number of carbonyl (C=O) groups excluding carboxylic acids is 1. The summed E-state index contributed by atoms with van der Waals surface area (Å²) in [6.07, 6.45) is 2.15. The lowest BCUT2D eigenvalue weighted by Gasteiger charge is -2.32. The van der Waals surface area contributed by atoms with E-state index in [1.807, 2.05) is 11.0 Å². The van der Waals surface area contributed by atoms with E-state index in [0.29, 0.717) is 17.4 Å². The van der Waals surface area contributed by atoms with Crippen LogP contribution in [0.2, 0.25) is 0 Å². The number of hydrogen-bond donors (Lipinski definition) is 1. The Morgan fingerprint density at radius 3 is 2.78 bits per heavy atom. The molecular formula is C14H20N2O2. The van der Waals surface area contributed by atoms with Gasteiger partial charge in [0.15, 0.2) is 6.61 Å². The number of hydrogen-bond acceptors (Lipinski definition) is 3. The first kappa shape index (κ1) is 12.7. The number of anilines is 2. The number of nitrogen functional groups attached to an aromatic ring is 1. The lowest BCUT2D eigenvalue weighted by Crippen LogP contribution is -2.41. The zero-order valence-corrected chi connectivity index (χ0v) is 11.0.